The molecule has 124 valence electrons. The predicted molar refractivity (Wildman–Crippen MR) is 83.3 cm³/mol. The summed E-state index contributed by atoms with van der Waals surface area (Å²) in [5.74, 6) is -1.04. The summed E-state index contributed by atoms with van der Waals surface area (Å²) in [6.07, 6.45) is 1.95. The number of carboxylic acids is 1. The van der Waals surface area contributed by atoms with Crippen LogP contribution in [0.25, 0.3) is 0 Å². The number of carbonyl (C=O) groups is 1. The van der Waals surface area contributed by atoms with E-state index in [9.17, 15) is 18.3 Å². The molecule has 0 aliphatic carbocycles. The number of rotatable bonds is 6. The summed E-state index contributed by atoms with van der Waals surface area (Å²) in [6.45, 7) is 1.80. The largest absolute Gasteiger partial charge is 0.478 e. The number of aryl methyl sites for hydroxylation is 2. The number of aromatic carboxylic acids is 1. The number of ether oxygens (including phenoxy) is 1. The van der Waals surface area contributed by atoms with Crippen molar-refractivity contribution < 1.29 is 23.1 Å². The van der Waals surface area contributed by atoms with Crippen molar-refractivity contribution in [3.8, 4) is 5.88 Å². The number of nitrogens with one attached hydrogen (secondary N) is 1. The van der Waals surface area contributed by atoms with Crippen LogP contribution in [0.1, 0.15) is 22.8 Å². The minimum atomic E-state index is -3.96. The maximum atomic E-state index is 12.5. The molecule has 0 atom stereocenters. The molecule has 23 heavy (non-hydrogen) atoms. The number of aromatic nitrogens is 2. The number of sulfonamides is 1. The zero-order valence-electron chi connectivity index (χ0n) is 12.9. The topological polar surface area (TPSA) is 111 Å². The molecular formula is C14H17N3O5S. The van der Waals surface area contributed by atoms with Crippen molar-refractivity contribution in [1.82, 2.24) is 9.78 Å². The standard InChI is InChI=1S/C14H17N3O5S/c1-4-9-5-6-10(7-11(9)14(18)19)23(20,21)16-12-8-17(2)15-13(12)22-3/h5-8,16H,4H2,1-3H3,(H,18,19). The van der Waals surface area contributed by atoms with Gasteiger partial charge >= 0.3 is 5.97 Å². The number of nitrogens with zero attached hydrogens (tertiary/aromatic N) is 2. The highest BCUT2D eigenvalue weighted by atomic mass is 32.2. The van der Waals surface area contributed by atoms with E-state index in [1.165, 1.54) is 30.1 Å². The number of methoxy groups -OCH3 is 1. The molecule has 8 nitrogen and oxygen atoms in total. The van der Waals surface area contributed by atoms with Crippen molar-refractivity contribution in [3.05, 3.63) is 35.5 Å². The van der Waals surface area contributed by atoms with Gasteiger partial charge in [-0.1, -0.05) is 13.0 Å². The fourth-order valence-corrected chi connectivity index (χ4v) is 3.19. The molecule has 0 aliphatic rings. The maximum Gasteiger partial charge on any atom is 0.336 e. The Balaban J connectivity index is 2.43. The lowest BCUT2D eigenvalue weighted by Crippen LogP contribution is -2.14. The Morgan fingerprint density at radius 1 is 1.43 bits per heavy atom. The predicted octanol–water partition coefficient (Wildman–Crippen LogP) is 1.49. The van der Waals surface area contributed by atoms with Crippen molar-refractivity contribution in [2.24, 2.45) is 7.05 Å². The summed E-state index contributed by atoms with van der Waals surface area (Å²) in [4.78, 5) is 11.1. The molecule has 1 heterocycles. The van der Waals surface area contributed by atoms with E-state index < -0.39 is 16.0 Å². The summed E-state index contributed by atoms with van der Waals surface area (Å²) in [5, 5.41) is 13.2. The van der Waals surface area contributed by atoms with Gasteiger partial charge in [0, 0.05) is 7.05 Å². The third kappa shape index (κ3) is 3.45. The molecule has 0 bridgehead atoms. The molecule has 0 spiro atoms. The van der Waals surface area contributed by atoms with Crippen LogP contribution in [0.3, 0.4) is 0 Å². The number of benzene rings is 1. The molecule has 1 aromatic carbocycles. The van der Waals surface area contributed by atoms with Crippen LogP contribution in [0.5, 0.6) is 5.88 Å². The Hall–Kier alpha value is -2.55. The van der Waals surface area contributed by atoms with Gasteiger partial charge in [-0.2, -0.15) is 0 Å². The minimum Gasteiger partial charge on any atom is -0.478 e. The first-order valence-electron chi connectivity index (χ1n) is 6.75. The lowest BCUT2D eigenvalue weighted by molar-refractivity contribution is 0.0695. The molecule has 0 amide bonds. The van der Waals surface area contributed by atoms with E-state index >= 15 is 0 Å². The molecule has 0 aliphatic heterocycles. The van der Waals surface area contributed by atoms with Gasteiger partial charge in [-0.3, -0.25) is 9.40 Å². The third-order valence-electron chi connectivity index (χ3n) is 3.24. The Morgan fingerprint density at radius 2 is 2.13 bits per heavy atom. The highest BCUT2D eigenvalue weighted by molar-refractivity contribution is 7.92. The van der Waals surface area contributed by atoms with Gasteiger partial charge in [0.05, 0.1) is 23.8 Å². The van der Waals surface area contributed by atoms with Gasteiger partial charge in [0.2, 0.25) is 0 Å². The normalized spacial score (nSPS) is 11.3. The van der Waals surface area contributed by atoms with Gasteiger partial charge in [-0.15, -0.1) is 5.10 Å². The minimum absolute atomic E-state index is 0.0338. The van der Waals surface area contributed by atoms with Gasteiger partial charge in [-0.05, 0) is 24.1 Å². The fraction of sp³-hybridized carbons (Fsp3) is 0.286. The lowest BCUT2D eigenvalue weighted by atomic mass is 10.1. The van der Waals surface area contributed by atoms with Crippen molar-refractivity contribution in [1.29, 1.82) is 0 Å². The van der Waals surface area contributed by atoms with Gasteiger partial charge in [0.15, 0.2) is 0 Å². The molecule has 1 aromatic heterocycles. The van der Waals surface area contributed by atoms with Crippen LogP contribution in [0.15, 0.2) is 29.3 Å². The van der Waals surface area contributed by atoms with Crippen molar-refractivity contribution in [3.63, 3.8) is 0 Å². The molecule has 0 saturated heterocycles. The van der Waals surface area contributed by atoms with Crippen LogP contribution in [-0.4, -0.2) is 36.4 Å². The van der Waals surface area contributed by atoms with E-state index in [1.807, 2.05) is 0 Å². The van der Waals surface area contributed by atoms with Gasteiger partial charge < -0.3 is 9.84 Å². The molecule has 2 N–H and O–H groups in total. The Labute approximate surface area is 133 Å². The second kappa shape index (κ2) is 6.29. The molecule has 2 aromatic rings. The highest BCUT2D eigenvalue weighted by Crippen LogP contribution is 2.25. The van der Waals surface area contributed by atoms with Crippen LogP contribution in [0, 0.1) is 0 Å². The van der Waals surface area contributed by atoms with Gasteiger partial charge in [0.25, 0.3) is 15.9 Å². The Morgan fingerprint density at radius 3 is 2.70 bits per heavy atom. The third-order valence-corrected chi connectivity index (χ3v) is 4.60. The van der Waals surface area contributed by atoms with E-state index in [4.69, 9.17) is 4.74 Å². The zero-order chi connectivity index (χ0) is 17.2. The van der Waals surface area contributed by atoms with Crippen molar-refractivity contribution in [2.75, 3.05) is 11.8 Å². The summed E-state index contributed by atoms with van der Waals surface area (Å²) in [7, 11) is -0.963. The van der Waals surface area contributed by atoms with Crippen molar-refractivity contribution in [2.45, 2.75) is 18.2 Å². The van der Waals surface area contributed by atoms with Gasteiger partial charge in [0.1, 0.15) is 5.69 Å². The average molecular weight is 339 g/mol. The molecular weight excluding hydrogens is 322 g/mol. The van der Waals surface area contributed by atoms with Gasteiger partial charge in [-0.25, -0.2) is 13.2 Å². The maximum absolute atomic E-state index is 12.5. The van der Waals surface area contributed by atoms with Crippen LogP contribution in [0.2, 0.25) is 0 Å². The average Bonchev–Trinajstić information content (AvgIpc) is 2.85. The lowest BCUT2D eigenvalue weighted by Gasteiger charge is -2.10. The molecule has 0 unspecified atom stereocenters. The quantitative estimate of drug-likeness (QED) is 0.825. The van der Waals surface area contributed by atoms with E-state index in [0.717, 1.165) is 6.07 Å². The monoisotopic (exact) mass is 339 g/mol. The Kier molecular flexibility index (Phi) is 4.60. The summed E-state index contributed by atoms with van der Waals surface area (Å²) >= 11 is 0. The zero-order valence-corrected chi connectivity index (χ0v) is 13.7. The van der Waals surface area contributed by atoms with E-state index in [-0.39, 0.29) is 22.0 Å². The molecule has 9 heteroatoms. The summed E-state index contributed by atoms with van der Waals surface area (Å²) in [5.41, 5.74) is 0.704. The summed E-state index contributed by atoms with van der Waals surface area (Å²) in [6, 6.07) is 4.02. The molecule has 0 saturated carbocycles. The molecule has 0 fully saturated rings. The van der Waals surface area contributed by atoms with Crippen LogP contribution < -0.4 is 9.46 Å². The summed E-state index contributed by atoms with van der Waals surface area (Å²) < 4.78 is 33.7. The SMILES string of the molecule is CCc1ccc(S(=O)(=O)Nc2cn(C)nc2OC)cc1C(=O)O. The van der Waals surface area contributed by atoms with Crippen LogP contribution in [0.4, 0.5) is 5.69 Å². The highest BCUT2D eigenvalue weighted by Gasteiger charge is 2.21. The number of carboxylic acid groups (broad SMARTS) is 1. The first-order chi connectivity index (χ1) is 10.8. The van der Waals surface area contributed by atoms with E-state index in [0.29, 0.717) is 12.0 Å². The second-order valence-corrected chi connectivity index (χ2v) is 6.49. The van der Waals surface area contributed by atoms with Crippen molar-refractivity contribution >= 4 is 21.7 Å². The van der Waals surface area contributed by atoms with E-state index in [1.54, 1.807) is 14.0 Å². The number of hydrogen-bond acceptors (Lipinski definition) is 5. The number of anilines is 1. The molecule has 2 rings (SSSR count). The smallest absolute Gasteiger partial charge is 0.336 e. The Bertz CT molecular complexity index is 842. The van der Waals surface area contributed by atoms with Crippen LogP contribution >= 0.6 is 0 Å². The number of hydrogen-bond donors (Lipinski definition) is 2. The molecule has 0 radical (unpaired) electrons. The first kappa shape index (κ1) is 16.8. The first-order valence-corrected chi connectivity index (χ1v) is 8.23. The van der Waals surface area contributed by atoms with E-state index in [2.05, 4.69) is 9.82 Å². The second-order valence-electron chi connectivity index (χ2n) is 4.81. The van der Waals surface area contributed by atoms with Crippen LogP contribution in [-0.2, 0) is 23.5 Å². The fourth-order valence-electron chi connectivity index (χ4n) is 2.12.